The summed E-state index contributed by atoms with van der Waals surface area (Å²) in [6.45, 7) is 3.93. The van der Waals surface area contributed by atoms with Crippen molar-refractivity contribution in [3.8, 4) is 0 Å². The highest BCUT2D eigenvalue weighted by molar-refractivity contribution is 5.93. The second-order valence-electron chi connectivity index (χ2n) is 3.32. The maximum absolute atomic E-state index is 11.7. The molecule has 1 aliphatic heterocycles. The number of esters is 1. The Hall–Kier alpha value is -1.78. The Morgan fingerprint density at radius 3 is 2.65 bits per heavy atom. The van der Waals surface area contributed by atoms with Crippen molar-refractivity contribution in [3.05, 3.63) is 23.4 Å². The number of hydrogen-bond acceptors (Lipinski definition) is 4. The van der Waals surface area contributed by atoms with Crippen molar-refractivity contribution in [1.29, 1.82) is 0 Å². The van der Waals surface area contributed by atoms with E-state index in [9.17, 15) is 9.90 Å². The van der Waals surface area contributed by atoms with Gasteiger partial charge in [0.1, 0.15) is 0 Å². The fourth-order valence-electron chi connectivity index (χ4n) is 1.42. The predicted molar refractivity (Wildman–Crippen MR) is 61.3 cm³/mol. The number of ether oxygens (including phenoxy) is 2. The van der Waals surface area contributed by atoms with Gasteiger partial charge in [0.05, 0.1) is 25.2 Å². The van der Waals surface area contributed by atoms with Crippen LogP contribution in [0.4, 0.5) is 0 Å². The fourth-order valence-corrected chi connectivity index (χ4v) is 1.42. The van der Waals surface area contributed by atoms with E-state index in [1.54, 1.807) is 20.1 Å². The van der Waals surface area contributed by atoms with Crippen LogP contribution in [0, 0.1) is 0 Å². The maximum Gasteiger partial charge on any atom is 0.346 e. The summed E-state index contributed by atoms with van der Waals surface area (Å²) in [5.74, 6) is -1.02. The fraction of sp³-hybridized carbons (Fsp3) is 0.500. The molecule has 0 aromatic rings. The second kappa shape index (κ2) is 6.73. The minimum atomic E-state index is -0.602. The molecule has 1 aliphatic rings. The van der Waals surface area contributed by atoms with Gasteiger partial charge >= 0.3 is 12.2 Å². The molecule has 0 spiro atoms. The molecule has 94 valence electrons. The summed E-state index contributed by atoms with van der Waals surface area (Å²) in [7, 11) is 0. The van der Waals surface area contributed by atoms with Crippen LogP contribution in [0.3, 0.4) is 0 Å². The highest BCUT2D eigenvalue weighted by Gasteiger charge is 2.26. The normalized spacial score (nSPS) is 16.0. The van der Waals surface area contributed by atoms with Gasteiger partial charge in [-0.2, -0.15) is 0 Å². The van der Waals surface area contributed by atoms with Gasteiger partial charge < -0.3 is 14.6 Å². The third kappa shape index (κ3) is 3.62. The monoisotopic (exact) mass is 241 g/mol. The molecule has 5 heteroatoms. The number of rotatable bonds is 5. The van der Waals surface area contributed by atoms with Crippen LogP contribution in [0.2, 0.25) is 0 Å². The molecule has 1 heterocycles. The van der Waals surface area contributed by atoms with Crippen LogP contribution in [-0.2, 0) is 18.7 Å². The first-order valence-corrected chi connectivity index (χ1v) is 5.60. The standard InChI is InChI=1S/C12H16O5/c1-3-16-11(13)10(12(14)17-4-2)9-6-5-7-15-8-9/h7-8H,3-6H2,1-2H3/p+1. The predicted octanol–water partition coefficient (Wildman–Crippen LogP) is 1.77. The summed E-state index contributed by atoms with van der Waals surface area (Å²) < 4.78 is 14.9. The summed E-state index contributed by atoms with van der Waals surface area (Å²) in [5.41, 5.74) is 0.624. The zero-order chi connectivity index (χ0) is 12.7. The van der Waals surface area contributed by atoms with Crippen LogP contribution < -0.4 is 0 Å². The lowest BCUT2D eigenvalue weighted by Crippen LogP contribution is -2.15. The number of carbonyl (C=O) groups excluding carboxylic acids is 2. The van der Waals surface area contributed by atoms with Crippen LogP contribution in [0.5, 0.6) is 0 Å². The third-order valence-electron chi connectivity index (χ3n) is 2.13. The highest BCUT2D eigenvalue weighted by Crippen LogP contribution is 2.22. The number of aliphatic hydroxyl groups is 1. The lowest BCUT2D eigenvalue weighted by Gasteiger charge is -2.10. The van der Waals surface area contributed by atoms with E-state index in [1.165, 1.54) is 6.26 Å². The second-order valence-corrected chi connectivity index (χ2v) is 3.32. The van der Waals surface area contributed by atoms with E-state index in [0.29, 0.717) is 18.4 Å². The SMILES string of the molecule is CCOC(=O)/C(C1=C[O+]=CCC1)=C(\O)OCC. The zero-order valence-corrected chi connectivity index (χ0v) is 10.1. The first kappa shape index (κ1) is 13.3. The largest absolute Gasteiger partial charge is 0.480 e. The smallest absolute Gasteiger partial charge is 0.346 e. The van der Waals surface area contributed by atoms with E-state index in [0.717, 1.165) is 0 Å². The molecule has 0 atom stereocenters. The van der Waals surface area contributed by atoms with Gasteiger partial charge in [-0.25, -0.2) is 9.22 Å². The molecule has 0 saturated carbocycles. The lowest BCUT2D eigenvalue weighted by atomic mass is 10.0. The Kier molecular flexibility index (Phi) is 5.26. The summed E-state index contributed by atoms with van der Waals surface area (Å²) in [6, 6.07) is 0. The van der Waals surface area contributed by atoms with E-state index < -0.39 is 11.9 Å². The van der Waals surface area contributed by atoms with Crippen LogP contribution in [-0.4, -0.2) is 30.6 Å². The van der Waals surface area contributed by atoms with Crippen molar-refractivity contribution in [1.82, 2.24) is 0 Å². The van der Waals surface area contributed by atoms with Crippen molar-refractivity contribution in [3.63, 3.8) is 0 Å². The van der Waals surface area contributed by atoms with Gasteiger partial charge in [0, 0.05) is 0 Å². The number of carbonyl (C=O) groups is 1. The topological polar surface area (TPSA) is 67.1 Å². The van der Waals surface area contributed by atoms with E-state index in [2.05, 4.69) is 0 Å². The summed E-state index contributed by atoms with van der Waals surface area (Å²) in [4.78, 5) is 11.7. The van der Waals surface area contributed by atoms with E-state index in [1.807, 2.05) is 0 Å². The molecule has 0 saturated heterocycles. The first-order valence-electron chi connectivity index (χ1n) is 5.60. The van der Waals surface area contributed by atoms with Crippen LogP contribution in [0.15, 0.2) is 23.4 Å². The molecule has 5 nitrogen and oxygen atoms in total. The van der Waals surface area contributed by atoms with Gasteiger partial charge in [0.2, 0.25) is 0 Å². The van der Waals surface area contributed by atoms with E-state index >= 15 is 0 Å². The number of aliphatic hydroxyl groups excluding tert-OH is 1. The molecular weight excluding hydrogens is 224 g/mol. The summed E-state index contributed by atoms with van der Waals surface area (Å²) in [5, 5.41) is 9.71. The molecule has 0 fully saturated rings. The maximum atomic E-state index is 11.7. The lowest BCUT2D eigenvalue weighted by molar-refractivity contribution is -0.371. The minimum absolute atomic E-state index is 0.0433. The molecule has 0 aliphatic carbocycles. The van der Waals surface area contributed by atoms with Gasteiger partial charge in [0.15, 0.2) is 5.57 Å². The number of aldehydes is 1. The van der Waals surface area contributed by atoms with Gasteiger partial charge in [-0.05, 0) is 20.3 Å². The van der Waals surface area contributed by atoms with Crippen LogP contribution in [0.1, 0.15) is 26.7 Å². The summed E-state index contributed by atoms with van der Waals surface area (Å²) >= 11 is 0. The first-order chi connectivity index (χ1) is 8.20. The average molecular weight is 241 g/mol. The summed E-state index contributed by atoms with van der Waals surface area (Å²) in [6.07, 6.45) is 4.33. The van der Waals surface area contributed by atoms with E-state index in [4.69, 9.17) is 13.9 Å². The average Bonchev–Trinajstić information content (AvgIpc) is 2.31. The van der Waals surface area contributed by atoms with Gasteiger partial charge in [-0.3, -0.25) is 0 Å². The van der Waals surface area contributed by atoms with Crippen molar-refractivity contribution in [2.45, 2.75) is 26.7 Å². The number of hydrogen-bond donors (Lipinski definition) is 1. The van der Waals surface area contributed by atoms with Crippen molar-refractivity contribution in [2.75, 3.05) is 13.2 Å². The highest BCUT2D eigenvalue weighted by atomic mass is 16.6. The molecule has 17 heavy (non-hydrogen) atoms. The van der Waals surface area contributed by atoms with Gasteiger partial charge in [-0.15, -0.1) is 0 Å². The van der Waals surface area contributed by atoms with E-state index in [-0.39, 0.29) is 18.8 Å². The molecule has 0 bridgehead atoms. The van der Waals surface area contributed by atoms with Crippen LogP contribution in [0.25, 0.3) is 0 Å². The Balaban J connectivity index is 3.01. The van der Waals surface area contributed by atoms with Gasteiger partial charge in [-0.1, -0.05) is 0 Å². The Morgan fingerprint density at radius 2 is 2.12 bits per heavy atom. The quantitative estimate of drug-likeness (QED) is 0.262. The van der Waals surface area contributed by atoms with Gasteiger partial charge in [0.25, 0.3) is 12.2 Å². The van der Waals surface area contributed by atoms with Crippen molar-refractivity contribution >= 4 is 12.3 Å². The minimum Gasteiger partial charge on any atom is -0.480 e. The Labute approximate surface area is 100 Å². The third-order valence-corrected chi connectivity index (χ3v) is 2.13. The molecule has 0 amide bonds. The molecular formula is C12H17O5+. The molecule has 0 unspecified atom stereocenters. The molecule has 0 radical (unpaired) electrons. The molecule has 1 rings (SSSR count). The Morgan fingerprint density at radius 1 is 1.41 bits per heavy atom. The molecule has 1 N–H and O–H groups in total. The van der Waals surface area contributed by atoms with Crippen LogP contribution >= 0.6 is 0 Å². The zero-order valence-electron chi connectivity index (χ0n) is 10.1. The molecule has 0 aromatic carbocycles. The van der Waals surface area contributed by atoms with Crippen molar-refractivity contribution in [2.24, 2.45) is 0 Å². The Bertz CT molecular complexity index is 365. The molecule has 0 aromatic heterocycles. The van der Waals surface area contributed by atoms with Crippen molar-refractivity contribution < 1.29 is 23.8 Å².